The van der Waals surface area contributed by atoms with E-state index in [9.17, 15) is 15.2 Å². The number of methoxy groups -OCH3 is 1. The number of aromatic nitrogens is 3. The first kappa shape index (κ1) is 23.3. The monoisotopic (exact) mass is 464 g/mol. The van der Waals surface area contributed by atoms with Gasteiger partial charge in [-0.2, -0.15) is 10.4 Å². The summed E-state index contributed by atoms with van der Waals surface area (Å²) in [5.41, 5.74) is 2.15. The highest BCUT2D eigenvalue weighted by molar-refractivity contribution is 5.85. The molecule has 0 aliphatic carbocycles. The second-order valence-electron chi connectivity index (χ2n) is 9.22. The molecule has 2 N–H and O–H groups in total. The predicted octanol–water partition coefficient (Wildman–Crippen LogP) is 2.74. The molecule has 1 saturated heterocycles. The fourth-order valence-corrected chi connectivity index (χ4v) is 4.01. The Labute approximate surface area is 197 Å². The van der Waals surface area contributed by atoms with Gasteiger partial charge in [-0.05, 0) is 45.4 Å². The quantitative estimate of drug-likeness (QED) is 0.604. The van der Waals surface area contributed by atoms with Gasteiger partial charge in [0.25, 0.3) is 0 Å². The average molecular weight is 465 g/mol. The van der Waals surface area contributed by atoms with Gasteiger partial charge in [0.2, 0.25) is 0 Å². The van der Waals surface area contributed by atoms with E-state index in [-0.39, 0.29) is 6.04 Å². The van der Waals surface area contributed by atoms with Crippen LogP contribution in [0.1, 0.15) is 32.8 Å². The smallest absolute Gasteiger partial charge is 0.407 e. The lowest BCUT2D eigenvalue weighted by molar-refractivity contribution is 0.0402. The molecule has 1 aliphatic rings. The van der Waals surface area contributed by atoms with Crippen LogP contribution < -0.4 is 15.0 Å². The molecule has 4 rings (SSSR count). The maximum Gasteiger partial charge on any atom is 0.407 e. The summed E-state index contributed by atoms with van der Waals surface area (Å²) in [6.45, 7) is 6.34. The molecule has 0 aromatic carbocycles. The zero-order chi connectivity index (χ0) is 24.5. The van der Waals surface area contributed by atoms with Gasteiger partial charge in [-0.3, -0.25) is 0 Å². The lowest BCUT2D eigenvalue weighted by Crippen LogP contribution is -2.55. The number of pyridine rings is 2. The third kappa shape index (κ3) is 4.89. The van der Waals surface area contributed by atoms with E-state index in [1.54, 1.807) is 44.8 Å². The molecule has 0 bridgehead atoms. The number of amides is 1. The molecule has 0 saturated carbocycles. The third-order valence-electron chi connectivity index (χ3n) is 5.61. The first-order valence-corrected chi connectivity index (χ1v) is 11.0. The van der Waals surface area contributed by atoms with Crippen LogP contribution in [-0.2, 0) is 4.74 Å². The normalized spacial score (nSPS) is 18.4. The van der Waals surface area contributed by atoms with Crippen LogP contribution in [0.4, 0.5) is 10.6 Å². The number of aliphatic hydroxyl groups is 1. The van der Waals surface area contributed by atoms with Crippen LogP contribution in [-0.4, -0.2) is 63.7 Å². The van der Waals surface area contributed by atoms with Crippen LogP contribution in [0.2, 0.25) is 0 Å². The van der Waals surface area contributed by atoms with Crippen molar-refractivity contribution in [3.63, 3.8) is 0 Å². The number of aliphatic hydroxyl groups excluding tert-OH is 1. The number of fused-ring (bicyclic) bond motifs is 1. The van der Waals surface area contributed by atoms with Crippen molar-refractivity contribution in [3.8, 4) is 22.9 Å². The van der Waals surface area contributed by atoms with Gasteiger partial charge in [0, 0.05) is 30.4 Å². The van der Waals surface area contributed by atoms with Crippen LogP contribution >= 0.6 is 0 Å². The number of hydrogen-bond acceptors (Lipinski definition) is 8. The van der Waals surface area contributed by atoms with Crippen molar-refractivity contribution in [2.45, 2.75) is 44.9 Å². The highest BCUT2D eigenvalue weighted by atomic mass is 16.6. The van der Waals surface area contributed by atoms with E-state index in [1.165, 1.54) is 6.20 Å². The molecule has 10 nitrogen and oxygen atoms in total. The summed E-state index contributed by atoms with van der Waals surface area (Å²) < 4.78 is 12.3. The molecule has 3 aromatic heterocycles. The first-order chi connectivity index (χ1) is 16.2. The zero-order valence-corrected chi connectivity index (χ0v) is 19.6. The van der Waals surface area contributed by atoms with E-state index in [2.05, 4.69) is 21.5 Å². The molecule has 0 unspecified atom stereocenters. The minimum absolute atomic E-state index is 0.331. The molecule has 4 heterocycles. The number of ether oxygens (including phenoxy) is 2. The number of alkyl carbamates (subject to hydrolysis) is 1. The Balaban J connectivity index is 1.50. The maximum atomic E-state index is 12.1. The van der Waals surface area contributed by atoms with Gasteiger partial charge in [-0.1, -0.05) is 0 Å². The van der Waals surface area contributed by atoms with Crippen molar-refractivity contribution in [2.75, 3.05) is 25.1 Å². The number of β-amino-alcohol motifs (C(OH)–C–C–N with tert-alkyl or cyclic N) is 1. The van der Waals surface area contributed by atoms with Gasteiger partial charge in [0.15, 0.2) is 0 Å². The van der Waals surface area contributed by atoms with E-state index in [4.69, 9.17) is 9.47 Å². The molecule has 0 spiro atoms. The van der Waals surface area contributed by atoms with Crippen LogP contribution in [0, 0.1) is 11.3 Å². The maximum absolute atomic E-state index is 12.1. The molecule has 1 aliphatic heterocycles. The van der Waals surface area contributed by atoms with Crippen molar-refractivity contribution in [1.82, 2.24) is 19.9 Å². The van der Waals surface area contributed by atoms with E-state index in [0.717, 1.165) is 11.1 Å². The first-order valence-electron chi connectivity index (χ1n) is 11.0. The van der Waals surface area contributed by atoms with E-state index >= 15 is 0 Å². The van der Waals surface area contributed by atoms with E-state index < -0.39 is 17.8 Å². The average Bonchev–Trinajstić information content (AvgIpc) is 3.22. The van der Waals surface area contributed by atoms with Gasteiger partial charge >= 0.3 is 6.09 Å². The lowest BCUT2D eigenvalue weighted by Gasteiger charge is -2.37. The highest BCUT2D eigenvalue weighted by Crippen LogP contribution is 2.31. The van der Waals surface area contributed by atoms with Crippen LogP contribution in [0.3, 0.4) is 0 Å². The van der Waals surface area contributed by atoms with Crippen LogP contribution in [0.5, 0.6) is 5.75 Å². The summed E-state index contributed by atoms with van der Waals surface area (Å²) in [6.07, 6.45) is 4.24. The number of carbonyl (C=O) groups is 1. The molecular formula is C24H28N6O4. The molecular weight excluding hydrogens is 436 g/mol. The van der Waals surface area contributed by atoms with Gasteiger partial charge in [0.05, 0.1) is 42.7 Å². The van der Waals surface area contributed by atoms with E-state index in [0.29, 0.717) is 42.2 Å². The second kappa shape index (κ2) is 9.19. The standard InChI is InChI=1S/C24H28N6O4/c1-24(2,3)34-23(32)28-19-7-8-29(14-20(19)31)21-6-5-15(11-26-21)18-9-17(33-4)13-30-22(18)16(10-25)12-27-30/h5-6,9,11-13,19-20,31H,7-8,14H2,1-4H3,(H,28,32)/t19-,20+/m0/s1. The predicted molar refractivity (Wildman–Crippen MR) is 126 cm³/mol. The number of carbonyl (C=O) groups excluding carboxylic acids is 1. The number of anilines is 1. The Bertz CT molecular complexity index is 1230. The number of nitrogens with zero attached hydrogens (tertiary/aromatic N) is 5. The van der Waals surface area contributed by atoms with Crippen molar-refractivity contribution < 1.29 is 19.4 Å². The molecule has 1 amide bonds. The van der Waals surface area contributed by atoms with Crippen molar-refractivity contribution >= 4 is 17.4 Å². The number of nitriles is 1. The number of rotatable bonds is 4. The van der Waals surface area contributed by atoms with Gasteiger partial charge in [-0.25, -0.2) is 14.3 Å². The Morgan fingerprint density at radius 2 is 2.12 bits per heavy atom. The van der Waals surface area contributed by atoms with Gasteiger partial charge in [0.1, 0.15) is 23.2 Å². The topological polar surface area (TPSA) is 125 Å². The molecule has 10 heteroatoms. The number of piperidine rings is 1. The molecule has 1 fully saturated rings. The number of hydrogen-bond donors (Lipinski definition) is 2. The van der Waals surface area contributed by atoms with Crippen molar-refractivity contribution in [1.29, 1.82) is 5.26 Å². The SMILES string of the molecule is COc1cc(-c2ccc(N3CC[C@H](NC(=O)OC(C)(C)C)[C@H](O)C3)nc2)c2c(C#N)cnn2c1. The zero-order valence-electron chi connectivity index (χ0n) is 19.6. The van der Waals surface area contributed by atoms with Gasteiger partial charge < -0.3 is 24.8 Å². The molecule has 3 aromatic rings. The fourth-order valence-electron chi connectivity index (χ4n) is 4.01. The van der Waals surface area contributed by atoms with Crippen LogP contribution in [0.25, 0.3) is 16.6 Å². The highest BCUT2D eigenvalue weighted by Gasteiger charge is 2.31. The summed E-state index contributed by atoms with van der Waals surface area (Å²) in [5.74, 6) is 1.33. The lowest BCUT2D eigenvalue weighted by atomic mass is 10.0. The summed E-state index contributed by atoms with van der Waals surface area (Å²) in [7, 11) is 1.58. The van der Waals surface area contributed by atoms with E-state index in [1.807, 2.05) is 23.1 Å². The Morgan fingerprint density at radius 1 is 1.32 bits per heavy atom. The Morgan fingerprint density at radius 3 is 2.74 bits per heavy atom. The fraction of sp³-hybridized carbons (Fsp3) is 0.417. The second-order valence-corrected chi connectivity index (χ2v) is 9.22. The molecule has 34 heavy (non-hydrogen) atoms. The summed E-state index contributed by atoms with van der Waals surface area (Å²) in [4.78, 5) is 18.6. The molecule has 178 valence electrons. The number of nitrogens with one attached hydrogen (secondary N) is 1. The minimum Gasteiger partial charge on any atom is -0.495 e. The van der Waals surface area contributed by atoms with Crippen LogP contribution in [0.15, 0.2) is 36.8 Å². The Kier molecular flexibility index (Phi) is 6.30. The van der Waals surface area contributed by atoms with Crippen molar-refractivity contribution in [2.24, 2.45) is 0 Å². The minimum atomic E-state index is -0.759. The van der Waals surface area contributed by atoms with Gasteiger partial charge in [-0.15, -0.1) is 0 Å². The summed E-state index contributed by atoms with van der Waals surface area (Å²) in [5, 5.41) is 27.1. The summed E-state index contributed by atoms with van der Waals surface area (Å²) >= 11 is 0. The molecule has 2 atom stereocenters. The largest absolute Gasteiger partial charge is 0.495 e. The van der Waals surface area contributed by atoms with Crippen molar-refractivity contribution in [3.05, 3.63) is 42.4 Å². The third-order valence-corrected chi connectivity index (χ3v) is 5.61. The molecule has 0 radical (unpaired) electrons. The summed E-state index contributed by atoms with van der Waals surface area (Å²) in [6, 6.07) is 7.44. The Hall–Kier alpha value is -3.84.